The molecule has 1 amide bonds. The molecule has 108 valence electrons. The fourth-order valence-electron chi connectivity index (χ4n) is 2.27. The minimum Gasteiger partial charge on any atom is -0.345 e. The first-order valence-electron chi connectivity index (χ1n) is 6.77. The molecule has 1 fully saturated rings. The summed E-state index contributed by atoms with van der Waals surface area (Å²) in [4.78, 5) is 13.5. The van der Waals surface area contributed by atoms with E-state index in [-0.39, 0.29) is 17.2 Å². The van der Waals surface area contributed by atoms with E-state index in [0.717, 1.165) is 18.5 Å². The van der Waals surface area contributed by atoms with E-state index >= 15 is 0 Å². The lowest BCUT2D eigenvalue weighted by atomic mass is 10.1. The van der Waals surface area contributed by atoms with Gasteiger partial charge in [-0.05, 0) is 18.1 Å². The summed E-state index contributed by atoms with van der Waals surface area (Å²) in [7, 11) is 0. The minimum atomic E-state index is -0.269. The van der Waals surface area contributed by atoms with E-state index in [1.807, 2.05) is 18.2 Å². The highest BCUT2D eigenvalue weighted by Gasteiger charge is 2.21. The Balaban J connectivity index is 2.28. The van der Waals surface area contributed by atoms with Crippen LogP contribution in [0.15, 0.2) is 35.5 Å². The van der Waals surface area contributed by atoms with Crippen LogP contribution in [0.5, 0.6) is 0 Å². The maximum Gasteiger partial charge on any atom is 0.222 e. The van der Waals surface area contributed by atoms with Gasteiger partial charge in [-0.2, -0.15) is 15.8 Å². The van der Waals surface area contributed by atoms with E-state index < -0.39 is 0 Å². The van der Waals surface area contributed by atoms with Gasteiger partial charge in [-0.3, -0.25) is 4.79 Å². The summed E-state index contributed by atoms with van der Waals surface area (Å²) in [6, 6.07) is 12.4. The topological polar surface area (TPSA) is 104 Å². The van der Waals surface area contributed by atoms with Crippen molar-refractivity contribution in [3.05, 3.63) is 41.1 Å². The minimum absolute atomic E-state index is 0.0924. The first kappa shape index (κ1) is 15.1. The molecule has 6 heteroatoms. The van der Waals surface area contributed by atoms with Gasteiger partial charge in [0.15, 0.2) is 5.57 Å². The predicted octanol–water partition coefficient (Wildman–Crippen LogP) is 2.05. The Morgan fingerprint density at radius 1 is 1.18 bits per heavy atom. The van der Waals surface area contributed by atoms with Crippen molar-refractivity contribution in [2.24, 2.45) is 0 Å². The zero-order chi connectivity index (χ0) is 15.9. The third-order valence-electron chi connectivity index (χ3n) is 3.40. The number of nitrogens with one attached hydrogen (secondary N) is 1. The van der Waals surface area contributed by atoms with Crippen LogP contribution in [0.1, 0.15) is 18.4 Å². The smallest absolute Gasteiger partial charge is 0.222 e. The zero-order valence-electron chi connectivity index (χ0n) is 11.8. The van der Waals surface area contributed by atoms with Crippen LogP contribution in [0.25, 0.3) is 0 Å². The Hall–Kier alpha value is -3.30. The average Bonchev–Trinajstić information content (AvgIpc) is 2.94. The molecule has 1 N–H and O–H groups in total. The van der Waals surface area contributed by atoms with Crippen LogP contribution in [-0.4, -0.2) is 17.4 Å². The van der Waals surface area contributed by atoms with Crippen LogP contribution in [0.4, 0.5) is 5.69 Å². The van der Waals surface area contributed by atoms with Gasteiger partial charge in [-0.15, -0.1) is 0 Å². The van der Waals surface area contributed by atoms with Crippen molar-refractivity contribution in [2.75, 3.05) is 11.9 Å². The van der Waals surface area contributed by atoms with Crippen molar-refractivity contribution in [2.45, 2.75) is 19.4 Å². The second-order valence-electron chi connectivity index (χ2n) is 4.79. The molecule has 0 radical (unpaired) electrons. The molecule has 1 aliphatic rings. The summed E-state index contributed by atoms with van der Waals surface area (Å²) in [5.41, 5.74) is 1.09. The number of nitriles is 3. The van der Waals surface area contributed by atoms with Crippen molar-refractivity contribution in [1.29, 1.82) is 15.8 Å². The SMILES string of the molecule is N#CC(C#N)=C(C#N)Nc1ccccc1CN1CCCC1=O. The fraction of sp³-hybridized carbons (Fsp3) is 0.250. The van der Waals surface area contributed by atoms with Gasteiger partial charge in [0.05, 0.1) is 0 Å². The molecule has 1 aliphatic heterocycles. The molecule has 22 heavy (non-hydrogen) atoms. The van der Waals surface area contributed by atoms with Gasteiger partial charge in [-0.25, -0.2) is 0 Å². The predicted molar refractivity (Wildman–Crippen MR) is 78.6 cm³/mol. The zero-order valence-corrected chi connectivity index (χ0v) is 11.8. The number of likely N-dealkylation sites (tertiary alicyclic amines) is 1. The molecular weight excluding hydrogens is 278 g/mol. The van der Waals surface area contributed by atoms with E-state index in [2.05, 4.69) is 5.32 Å². The van der Waals surface area contributed by atoms with E-state index in [1.54, 1.807) is 29.2 Å². The van der Waals surface area contributed by atoms with Gasteiger partial charge in [-0.1, -0.05) is 18.2 Å². The standard InChI is InChI=1S/C16H13N5O/c17-8-13(9-18)15(10-19)20-14-5-2-1-4-12(14)11-21-7-3-6-16(21)22/h1-2,4-5,20H,3,6-7,11H2. The number of benzene rings is 1. The molecule has 0 unspecified atom stereocenters. The number of hydrogen-bond acceptors (Lipinski definition) is 5. The Bertz CT molecular complexity index is 729. The van der Waals surface area contributed by atoms with Gasteiger partial charge < -0.3 is 10.2 Å². The highest BCUT2D eigenvalue weighted by molar-refractivity contribution is 5.78. The van der Waals surface area contributed by atoms with Crippen LogP contribution < -0.4 is 5.32 Å². The summed E-state index contributed by atoms with van der Waals surface area (Å²) in [6.07, 6.45) is 1.41. The first-order valence-corrected chi connectivity index (χ1v) is 6.77. The van der Waals surface area contributed by atoms with Gasteiger partial charge in [0.1, 0.15) is 23.9 Å². The maximum absolute atomic E-state index is 11.7. The quantitative estimate of drug-likeness (QED) is 0.855. The second kappa shape index (κ2) is 6.92. The monoisotopic (exact) mass is 291 g/mol. The van der Waals surface area contributed by atoms with Gasteiger partial charge in [0.25, 0.3) is 0 Å². The third-order valence-corrected chi connectivity index (χ3v) is 3.40. The number of carbonyl (C=O) groups is 1. The molecule has 6 nitrogen and oxygen atoms in total. The third kappa shape index (κ3) is 3.23. The molecule has 0 aliphatic carbocycles. The number of nitrogens with zero attached hydrogens (tertiary/aromatic N) is 4. The van der Waals surface area contributed by atoms with E-state index in [4.69, 9.17) is 15.8 Å². The Kier molecular flexibility index (Phi) is 4.75. The Morgan fingerprint density at radius 2 is 1.91 bits per heavy atom. The largest absolute Gasteiger partial charge is 0.345 e. The molecule has 0 atom stereocenters. The van der Waals surface area contributed by atoms with Gasteiger partial charge >= 0.3 is 0 Å². The Labute approximate surface area is 128 Å². The number of anilines is 1. The number of hydrogen-bond donors (Lipinski definition) is 1. The van der Waals surface area contributed by atoms with Crippen molar-refractivity contribution in [3.8, 4) is 18.2 Å². The summed E-state index contributed by atoms with van der Waals surface area (Å²) in [6.45, 7) is 1.16. The van der Waals surface area contributed by atoms with E-state index in [1.165, 1.54) is 0 Å². The molecule has 0 aromatic heterocycles. The van der Waals surface area contributed by atoms with Crippen molar-refractivity contribution in [1.82, 2.24) is 4.90 Å². The van der Waals surface area contributed by atoms with Crippen LogP contribution in [0, 0.1) is 34.0 Å². The number of allylic oxidation sites excluding steroid dienone is 2. The van der Waals surface area contributed by atoms with E-state index in [0.29, 0.717) is 18.7 Å². The molecule has 0 saturated carbocycles. The van der Waals surface area contributed by atoms with Crippen molar-refractivity contribution in [3.63, 3.8) is 0 Å². The van der Waals surface area contributed by atoms with Crippen LogP contribution in [0.2, 0.25) is 0 Å². The van der Waals surface area contributed by atoms with E-state index in [9.17, 15) is 4.79 Å². The molecule has 1 saturated heterocycles. The van der Waals surface area contributed by atoms with Gasteiger partial charge in [0, 0.05) is 25.2 Å². The molecule has 2 rings (SSSR count). The lowest BCUT2D eigenvalue weighted by Gasteiger charge is -2.18. The van der Waals surface area contributed by atoms with Gasteiger partial charge in [0.2, 0.25) is 5.91 Å². The lowest BCUT2D eigenvalue weighted by molar-refractivity contribution is -0.128. The number of carbonyl (C=O) groups excluding carboxylic acids is 1. The summed E-state index contributed by atoms with van der Waals surface area (Å²) in [5.74, 6) is 0.112. The average molecular weight is 291 g/mol. The molecule has 1 aromatic rings. The summed E-state index contributed by atoms with van der Waals surface area (Å²) in [5, 5.41) is 29.7. The van der Waals surface area contributed by atoms with Crippen LogP contribution in [0.3, 0.4) is 0 Å². The molecule has 0 spiro atoms. The molecular formula is C16H13N5O. The van der Waals surface area contributed by atoms with Crippen LogP contribution >= 0.6 is 0 Å². The van der Waals surface area contributed by atoms with Crippen molar-refractivity contribution < 1.29 is 4.79 Å². The Morgan fingerprint density at radius 3 is 2.50 bits per heavy atom. The number of para-hydroxylation sites is 1. The molecule has 1 heterocycles. The molecule has 1 aromatic carbocycles. The normalized spacial score (nSPS) is 13.0. The van der Waals surface area contributed by atoms with Crippen LogP contribution in [-0.2, 0) is 11.3 Å². The van der Waals surface area contributed by atoms with Crippen molar-refractivity contribution >= 4 is 11.6 Å². The second-order valence-corrected chi connectivity index (χ2v) is 4.79. The first-order chi connectivity index (χ1) is 10.7. The summed E-state index contributed by atoms with van der Waals surface area (Å²) < 4.78 is 0. The number of amides is 1. The molecule has 0 bridgehead atoms. The highest BCUT2D eigenvalue weighted by Crippen LogP contribution is 2.22. The maximum atomic E-state index is 11.7. The summed E-state index contributed by atoms with van der Waals surface area (Å²) >= 11 is 0. The fourth-order valence-corrected chi connectivity index (χ4v) is 2.27. The number of rotatable bonds is 4. The lowest BCUT2D eigenvalue weighted by Crippen LogP contribution is -2.24. The highest BCUT2D eigenvalue weighted by atomic mass is 16.2.